The summed E-state index contributed by atoms with van der Waals surface area (Å²) in [5, 5.41) is 8.85. The van der Waals surface area contributed by atoms with E-state index >= 15 is 0 Å². The Morgan fingerprint density at radius 1 is 0.783 bits per heavy atom. The number of hydrogen-bond donors (Lipinski definition) is 0. The molecule has 0 N–H and O–H groups in total. The van der Waals surface area contributed by atoms with Gasteiger partial charge in [0.2, 0.25) is 0 Å². The summed E-state index contributed by atoms with van der Waals surface area (Å²) in [6.07, 6.45) is 0. The normalized spacial score (nSPS) is 16.2. The van der Waals surface area contributed by atoms with Crippen LogP contribution in [-0.4, -0.2) is 36.0 Å². The van der Waals surface area contributed by atoms with E-state index in [2.05, 4.69) is 59.2 Å². The van der Waals surface area contributed by atoms with E-state index in [0.29, 0.717) is 0 Å². The molecule has 1 fully saturated rings. The van der Waals surface area contributed by atoms with Gasteiger partial charge in [0.15, 0.2) is 0 Å². The highest BCUT2D eigenvalue weighted by atomic mass is 15.3. The molecule has 1 aliphatic heterocycles. The molecular weight excluding hydrogens is 282 g/mol. The van der Waals surface area contributed by atoms with Crippen LogP contribution in [0.15, 0.2) is 48.5 Å². The smallest absolute Gasteiger partial charge is 0.0991 e. The van der Waals surface area contributed by atoms with Crippen LogP contribution in [0.1, 0.15) is 22.3 Å². The SMILES string of the molecule is Cc1ccc(CN2CCN(Cc3ccc(C#N)cc3)CC2)cc1. The highest BCUT2D eigenvalue weighted by Crippen LogP contribution is 2.12. The molecule has 118 valence electrons. The Morgan fingerprint density at radius 3 is 1.65 bits per heavy atom. The van der Waals surface area contributed by atoms with Crippen LogP contribution in [0.4, 0.5) is 0 Å². The maximum Gasteiger partial charge on any atom is 0.0991 e. The van der Waals surface area contributed by atoms with Crippen LogP contribution < -0.4 is 0 Å². The molecule has 3 rings (SSSR count). The van der Waals surface area contributed by atoms with Gasteiger partial charge in [-0.1, -0.05) is 42.0 Å². The predicted molar refractivity (Wildman–Crippen MR) is 92.9 cm³/mol. The molecule has 3 nitrogen and oxygen atoms in total. The lowest BCUT2D eigenvalue weighted by Crippen LogP contribution is -2.45. The van der Waals surface area contributed by atoms with Gasteiger partial charge in [0.1, 0.15) is 0 Å². The number of piperazine rings is 1. The Hall–Kier alpha value is -2.15. The maximum atomic E-state index is 8.85. The molecule has 23 heavy (non-hydrogen) atoms. The van der Waals surface area contributed by atoms with Crippen molar-refractivity contribution in [1.82, 2.24) is 9.80 Å². The molecule has 0 radical (unpaired) electrons. The zero-order valence-electron chi connectivity index (χ0n) is 13.7. The molecular formula is C20H23N3. The molecule has 0 atom stereocenters. The van der Waals surface area contributed by atoms with Crippen molar-refractivity contribution in [2.45, 2.75) is 20.0 Å². The fourth-order valence-electron chi connectivity index (χ4n) is 3.00. The van der Waals surface area contributed by atoms with E-state index < -0.39 is 0 Å². The monoisotopic (exact) mass is 305 g/mol. The minimum Gasteiger partial charge on any atom is -0.297 e. The van der Waals surface area contributed by atoms with Crippen molar-refractivity contribution in [2.75, 3.05) is 26.2 Å². The second-order valence-corrected chi connectivity index (χ2v) is 6.35. The standard InChI is InChI=1S/C20H23N3/c1-17-2-4-19(5-3-17)15-22-10-12-23(13-11-22)16-20-8-6-18(14-21)7-9-20/h2-9H,10-13,15-16H2,1H3. The molecule has 1 heterocycles. The van der Waals surface area contributed by atoms with Gasteiger partial charge < -0.3 is 0 Å². The van der Waals surface area contributed by atoms with Crippen LogP contribution in [0.25, 0.3) is 0 Å². The van der Waals surface area contributed by atoms with Crippen molar-refractivity contribution in [3.05, 3.63) is 70.8 Å². The molecule has 2 aromatic rings. The van der Waals surface area contributed by atoms with E-state index in [1.54, 1.807) is 0 Å². The predicted octanol–water partition coefficient (Wildman–Crippen LogP) is 3.18. The average Bonchev–Trinajstić information content (AvgIpc) is 2.59. The van der Waals surface area contributed by atoms with Crippen LogP contribution in [-0.2, 0) is 13.1 Å². The summed E-state index contributed by atoms with van der Waals surface area (Å²) in [5.74, 6) is 0. The van der Waals surface area contributed by atoms with E-state index in [4.69, 9.17) is 5.26 Å². The average molecular weight is 305 g/mol. The Balaban J connectivity index is 1.48. The minimum atomic E-state index is 0.733. The first-order valence-electron chi connectivity index (χ1n) is 8.22. The molecule has 0 saturated carbocycles. The lowest BCUT2D eigenvalue weighted by atomic mass is 10.1. The summed E-state index contributed by atoms with van der Waals surface area (Å²) in [6, 6.07) is 19.0. The molecule has 2 aromatic carbocycles. The topological polar surface area (TPSA) is 30.3 Å². The Bertz CT molecular complexity index is 660. The summed E-state index contributed by atoms with van der Waals surface area (Å²) < 4.78 is 0. The third-order valence-electron chi connectivity index (χ3n) is 4.48. The zero-order chi connectivity index (χ0) is 16.1. The van der Waals surface area contributed by atoms with Crippen molar-refractivity contribution in [3.63, 3.8) is 0 Å². The maximum absolute atomic E-state index is 8.85. The van der Waals surface area contributed by atoms with Crippen LogP contribution >= 0.6 is 0 Å². The van der Waals surface area contributed by atoms with E-state index in [1.165, 1.54) is 16.7 Å². The molecule has 0 spiro atoms. The minimum absolute atomic E-state index is 0.733. The first-order chi connectivity index (χ1) is 11.2. The molecule has 0 bridgehead atoms. The first-order valence-corrected chi connectivity index (χ1v) is 8.22. The Kier molecular flexibility index (Phi) is 5.07. The third-order valence-corrected chi connectivity index (χ3v) is 4.48. The summed E-state index contributed by atoms with van der Waals surface area (Å²) in [7, 11) is 0. The fraction of sp³-hybridized carbons (Fsp3) is 0.350. The largest absolute Gasteiger partial charge is 0.297 e. The van der Waals surface area contributed by atoms with Crippen molar-refractivity contribution in [1.29, 1.82) is 5.26 Å². The fourth-order valence-corrected chi connectivity index (χ4v) is 3.00. The Morgan fingerprint density at radius 2 is 1.22 bits per heavy atom. The van der Waals surface area contributed by atoms with Crippen molar-refractivity contribution < 1.29 is 0 Å². The number of aryl methyl sites for hydroxylation is 1. The van der Waals surface area contributed by atoms with E-state index in [1.807, 2.05) is 12.1 Å². The number of hydrogen-bond acceptors (Lipinski definition) is 3. The van der Waals surface area contributed by atoms with Gasteiger partial charge in [0.05, 0.1) is 11.6 Å². The van der Waals surface area contributed by atoms with Crippen molar-refractivity contribution in [2.24, 2.45) is 0 Å². The van der Waals surface area contributed by atoms with Gasteiger partial charge in [-0.05, 0) is 30.2 Å². The van der Waals surface area contributed by atoms with Gasteiger partial charge in [-0.25, -0.2) is 0 Å². The van der Waals surface area contributed by atoms with Gasteiger partial charge in [-0.3, -0.25) is 9.80 Å². The summed E-state index contributed by atoms with van der Waals surface area (Å²) in [5.41, 5.74) is 4.74. The third kappa shape index (κ3) is 4.41. The first kappa shape index (κ1) is 15.7. The number of nitriles is 1. The van der Waals surface area contributed by atoms with Gasteiger partial charge >= 0.3 is 0 Å². The van der Waals surface area contributed by atoms with E-state index in [9.17, 15) is 0 Å². The summed E-state index contributed by atoms with van der Waals surface area (Å²) in [4.78, 5) is 5.02. The molecule has 0 aliphatic carbocycles. The van der Waals surface area contributed by atoms with Gasteiger partial charge in [0.25, 0.3) is 0 Å². The van der Waals surface area contributed by atoms with Gasteiger partial charge in [0, 0.05) is 39.3 Å². The van der Waals surface area contributed by atoms with Gasteiger partial charge in [-0.15, -0.1) is 0 Å². The highest BCUT2D eigenvalue weighted by Gasteiger charge is 2.17. The quantitative estimate of drug-likeness (QED) is 0.869. The van der Waals surface area contributed by atoms with Crippen molar-refractivity contribution in [3.8, 4) is 6.07 Å². The lowest BCUT2D eigenvalue weighted by Gasteiger charge is -2.34. The zero-order valence-corrected chi connectivity index (χ0v) is 13.7. The molecule has 0 amide bonds. The lowest BCUT2D eigenvalue weighted by molar-refractivity contribution is 0.122. The molecule has 3 heteroatoms. The summed E-state index contributed by atoms with van der Waals surface area (Å²) in [6.45, 7) is 8.59. The second-order valence-electron chi connectivity index (χ2n) is 6.35. The highest BCUT2D eigenvalue weighted by molar-refractivity contribution is 5.31. The van der Waals surface area contributed by atoms with Gasteiger partial charge in [-0.2, -0.15) is 5.26 Å². The number of benzene rings is 2. The van der Waals surface area contributed by atoms with E-state index in [-0.39, 0.29) is 0 Å². The van der Waals surface area contributed by atoms with Crippen LogP contribution in [0.5, 0.6) is 0 Å². The number of nitrogens with zero attached hydrogens (tertiary/aromatic N) is 3. The second kappa shape index (κ2) is 7.41. The van der Waals surface area contributed by atoms with Crippen LogP contribution in [0, 0.1) is 18.3 Å². The Labute approximate surface area is 138 Å². The van der Waals surface area contributed by atoms with Crippen LogP contribution in [0.2, 0.25) is 0 Å². The molecule has 1 aliphatic rings. The van der Waals surface area contributed by atoms with E-state index in [0.717, 1.165) is 44.8 Å². The van der Waals surface area contributed by atoms with Crippen LogP contribution in [0.3, 0.4) is 0 Å². The number of rotatable bonds is 4. The summed E-state index contributed by atoms with van der Waals surface area (Å²) >= 11 is 0. The molecule has 1 saturated heterocycles. The molecule has 0 aromatic heterocycles. The molecule has 0 unspecified atom stereocenters. The van der Waals surface area contributed by atoms with Crippen molar-refractivity contribution >= 4 is 0 Å².